The monoisotopic (exact) mass is 329 g/mol. The lowest BCUT2D eigenvalue weighted by Crippen LogP contribution is -2.47. The highest BCUT2D eigenvalue weighted by molar-refractivity contribution is 5.96. The first-order valence-electron chi connectivity index (χ1n) is 8.67. The molecule has 3 aliphatic rings. The minimum atomic E-state index is -0.500. The summed E-state index contributed by atoms with van der Waals surface area (Å²) in [6.45, 7) is 2.09. The molecule has 1 heterocycles. The molecular weight excluding hydrogens is 310 g/mol. The van der Waals surface area contributed by atoms with Gasteiger partial charge >= 0.3 is 0 Å². The molecule has 4 nitrogen and oxygen atoms in total. The van der Waals surface area contributed by atoms with Crippen LogP contribution >= 0.6 is 0 Å². The molecule has 0 aliphatic heterocycles. The molecule has 1 aromatic heterocycles. The third kappa shape index (κ3) is 1.94. The molecule has 3 aliphatic carbocycles. The standard InChI is InChI=1S/C21H19N3O/c1-21(19(25)24-20-22-10-11-23-20)12-17-13-6-2-4-8-15(13)18(21)16-9-5-3-7-14(16)17/h2-11,17-18H,12H2,1H3,(H2,22,23,24,25)/t17?,18?,21-/m0/s1. The zero-order valence-electron chi connectivity index (χ0n) is 14.0. The number of imidazole rings is 1. The maximum absolute atomic E-state index is 13.2. The lowest BCUT2D eigenvalue weighted by Gasteiger charge is -2.50. The highest BCUT2D eigenvalue weighted by atomic mass is 16.2. The number of hydrogen-bond acceptors (Lipinski definition) is 2. The fourth-order valence-corrected chi connectivity index (χ4v) is 4.77. The topological polar surface area (TPSA) is 57.8 Å². The maximum Gasteiger partial charge on any atom is 0.233 e. The van der Waals surface area contributed by atoms with Crippen molar-refractivity contribution in [3.63, 3.8) is 0 Å². The fraction of sp³-hybridized carbons (Fsp3) is 0.238. The lowest BCUT2D eigenvalue weighted by atomic mass is 9.52. The number of rotatable bonds is 2. The zero-order chi connectivity index (χ0) is 17.0. The summed E-state index contributed by atoms with van der Waals surface area (Å²) in [5.41, 5.74) is 4.81. The number of carbonyl (C=O) groups is 1. The van der Waals surface area contributed by atoms with Crippen LogP contribution in [-0.4, -0.2) is 15.9 Å². The number of aromatic amines is 1. The van der Waals surface area contributed by atoms with E-state index in [0.717, 1.165) is 6.42 Å². The van der Waals surface area contributed by atoms with Crippen molar-refractivity contribution in [1.29, 1.82) is 0 Å². The highest BCUT2D eigenvalue weighted by Crippen LogP contribution is 2.61. The summed E-state index contributed by atoms with van der Waals surface area (Å²) >= 11 is 0. The summed E-state index contributed by atoms with van der Waals surface area (Å²) < 4.78 is 0. The number of anilines is 1. The highest BCUT2D eigenvalue weighted by Gasteiger charge is 2.53. The van der Waals surface area contributed by atoms with Gasteiger partial charge in [0, 0.05) is 24.2 Å². The van der Waals surface area contributed by atoms with Crippen LogP contribution in [0.1, 0.15) is 47.4 Å². The predicted octanol–water partition coefficient (Wildman–Crippen LogP) is 4.04. The second kappa shape index (κ2) is 5.06. The van der Waals surface area contributed by atoms with Crippen LogP contribution in [0.15, 0.2) is 60.9 Å². The van der Waals surface area contributed by atoms with Crippen molar-refractivity contribution in [3.05, 3.63) is 83.2 Å². The van der Waals surface area contributed by atoms with Crippen LogP contribution in [0.5, 0.6) is 0 Å². The first-order chi connectivity index (χ1) is 12.2. The zero-order valence-corrected chi connectivity index (χ0v) is 14.0. The van der Waals surface area contributed by atoms with E-state index in [4.69, 9.17) is 0 Å². The van der Waals surface area contributed by atoms with Gasteiger partial charge in [-0.25, -0.2) is 4.98 Å². The van der Waals surface area contributed by atoms with Gasteiger partial charge in [-0.3, -0.25) is 10.1 Å². The van der Waals surface area contributed by atoms with Gasteiger partial charge in [0.05, 0.1) is 5.41 Å². The number of nitrogens with one attached hydrogen (secondary N) is 2. The van der Waals surface area contributed by atoms with Crippen LogP contribution in [0.2, 0.25) is 0 Å². The molecule has 1 atom stereocenters. The number of nitrogens with zero attached hydrogens (tertiary/aromatic N) is 1. The minimum Gasteiger partial charge on any atom is -0.331 e. The Bertz CT molecular complexity index is 915. The molecule has 0 saturated carbocycles. The Kier molecular flexibility index (Phi) is 2.93. The van der Waals surface area contributed by atoms with Crippen LogP contribution in [0.3, 0.4) is 0 Å². The third-order valence-corrected chi connectivity index (χ3v) is 5.88. The minimum absolute atomic E-state index is 0.0291. The van der Waals surface area contributed by atoms with Gasteiger partial charge in [-0.15, -0.1) is 0 Å². The van der Waals surface area contributed by atoms with E-state index >= 15 is 0 Å². The molecule has 0 fully saturated rings. The summed E-state index contributed by atoms with van der Waals surface area (Å²) in [6, 6.07) is 17.1. The molecule has 124 valence electrons. The largest absolute Gasteiger partial charge is 0.331 e. The third-order valence-electron chi connectivity index (χ3n) is 5.88. The first-order valence-corrected chi connectivity index (χ1v) is 8.67. The first kappa shape index (κ1) is 14.5. The van der Waals surface area contributed by atoms with Crippen LogP contribution in [0, 0.1) is 5.41 Å². The lowest BCUT2D eigenvalue weighted by molar-refractivity contribution is -0.126. The molecule has 0 spiro atoms. The van der Waals surface area contributed by atoms with Crippen molar-refractivity contribution in [1.82, 2.24) is 9.97 Å². The summed E-state index contributed by atoms with van der Waals surface area (Å²) in [6.07, 6.45) is 4.18. The molecule has 0 saturated heterocycles. The number of hydrogen-bond donors (Lipinski definition) is 2. The van der Waals surface area contributed by atoms with E-state index in [0.29, 0.717) is 5.95 Å². The van der Waals surface area contributed by atoms with Gasteiger partial charge in [0.25, 0.3) is 0 Å². The van der Waals surface area contributed by atoms with E-state index in [1.807, 2.05) is 0 Å². The van der Waals surface area contributed by atoms with Gasteiger partial charge in [0.15, 0.2) is 0 Å². The Morgan fingerprint density at radius 2 is 1.68 bits per heavy atom. The van der Waals surface area contributed by atoms with Crippen LogP contribution in [0.4, 0.5) is 5.95 Å². The molecule has 0 unspecified atom stereocenters. The number of H-pyrrole nitrogens is 1. The van der Waals surface area contributed by atoms with Gasteiger partial charge < -0.3 is 4.98 Å². The van der Waals surface area contributed by atoms with E-state index in [9.17, 15) is 4.79 Å². The normalized spacial score (nSPS) is 26.0. The molecule has 0 radical (unpaired) electrons. The van der Waals surface area contributed by atoms with Gasteiger partial charge in [-0.1, -0.05) is 48.5 Å². The Hall–Kier alpha value is -2.88. The Labute approximate surface area is 146 Å². The van der Waals surface area contributed by atoms with Gasteiger partial charge in [-0.2, -0.15) is 0 Å². The molecule has 2 aromatic carbocycles. The summed E-state index contributed by atoms with van der Waals surface area (Å²) in [4.78, 5) is 20.3. The van der Waals surface area contributed by atoms with Crippen molar-refractivity contribution < 1.29 is 4.79 Å². The molecule has 2 bridgehead atoms. The predicted molar refractivity (Wildman–Crippen MR) is 96.5 cm³/mol. The summed E-state index contributed by atoms with van der Waals surface area (Å²) in [5.74, 6) is 0.875. The number of aromatic nitrogens is 2. The van der Waals surface area contributed by atoms with Crippen LogP contribution in [-0.2, 0) is 4.79 Å². The second-order valence-corrected chi connectivity index (χ2v) is 7.26. The van der Waals surface area contributed by atoms with Crippen molar-refractivity contribution in [2.75, 3.05) is 5.32 Å². The van der Waals surface area contributed by atoms with E-state index in [2.05, 4.69) is 70.7 Å². The fourth-order valence-electron chi connectivity index (χ4n) is 4.77. The maximum atomic E-state index is 13.2. The van der Waals surface area contributed by atoms with Gasteiger partial charge in [-0.05, 0) is 35.6 Å². The number of amides is 1. The average Bonchev–Trinajstić information content (AvgIpc) is 3.15. The van der Waals surface area contributed by atoms with E-state index < -0.39 is 5.41 Å². The Balaban J connectivity index is 1.65. The summed E-state index contributed by atoms with van der Waals surface area (Å²) in [7, 11) is 0. The van der Waals surface area contributed by atoms with Crippen molar-refractivity contribution >= 4 is 11.9 Å². The molecule has 6 rings (SSSR count). The van der Waals surface area contributed by atoms with E-state index in [-0.39, 0.29) is 17.7 Å². The van der Waals surface area contributed by atoms with Crippen molar-refractivity contribution in [2.24, 2.45) is 5.41 Å². The second-order valence-electron chi connectivity index (χ2n) is 7.26. The number of benzene rings is 2. The number of carbonyl (C=O) groups excluding carboxylic acids is 1. The molecule has 1 amide bonds. The Morgan fingerprint density at radius 3 is 2.24 bits per heavy atom. The molecule has 4 heteroatoms. The van der Waals surface area contributed by atoms with Crippen molar-refractivity contribution in [3.8, 4) is 0 Å². The smallest absolute Gasteiger partial charge is 0.233 e. The van der Waals surface area contributed by atoms with Gasteiger partial charge in [0.2, 0.25) is 11.9 Å². The molecule has 3 aromatic rings. The molecule has 25 heavy (non-hydrogen) atoms. The molecular formula is C21H19N3O. The van der Waals surface area contributed by atoms with E-state index in [1.165, 1.54) is 22.3 Å². The van der Waals surface area contributed by atoms with Gasteiger partial charge in [0.1, 0.15) is 0 Å². The van der Waals surface area contributed by atoms with Crippen molar-refractivity contribution in [2.45, 2.75) is 25.2 Å². The quantitative estimate of drug-likeness (QED) is 0.745. The number of fused-ring (bicyclic) bond motifs is 1. The Morgan fingerprint density at radius 1 is 1.08 bits per heavy atom. The van der Waals surface area contributed by atoms with Crippen LogP contribution in [0.25, 0.3) is 0 Å². The summed E-state index contributed by atoms with van der Waals surface area (Å²) in [5, 5.41) is 2.97. The van der Waals surface area contributed by atoms with E-state index in [1.54, 1.807) is 12.4 Å². The molecule has 2 N–H and O–H groups in total. The SMILES string of the molecule is C[C@]1(C(=O)Nc2ncc[nH]2)CC2c3ccccc3C1c1ccccc12. The average molecular weight is 329 g/mol. The van der Waals surface area contributed by atoms with Crippen LogP contribution < -0.4 is 5.32 Å².